The van der Waals surface area contributed by atoms with Gasteiger partial charge in [-0.3, -0.25) is 0 Å². The normalized spacial score (nSPS) is 11.8. The first kappa shape index (κ1) is 34.1. The van der Waals surface area contributed by atoms with Crippen LogP contribution in [0.1, 0.15) is 11.1 Å². The zero-order chi connectivity index (χ0) is 41.1. The minimum absolute atomic E-state index is 0.418. The number of rotatable bonds is 4. The van der Waals surface area contributed by atoms with Gasteiger partial charge in [0.25, 0.3) is 0 Å². The lowest BCUT2D eigenvalue weighted by Crippen LogP contribution is -2.04. The second kappa shape index (κ2) is 12.8. The van der Waals surface area contributed by atoms with E-state index in [4.69, 9.17) is 0 Å². The lowest BCUT2D eigenvalue weighted by molar-refractivity contribution is 1.12. The fraction of sp³-hybridized carbons (Fsp3) is 0. The van der Waals surface area contributed by atoms with E-state index in [1.807, 2.05) is 30.3 Å². The maximum absolute atomic E-state index is 11.0. The molecule has 62 heavy (non-hydrogen) atoms. The zero-order valence-corrected chi connectivity index (χ0v) is 33.2. The lowest BCUT2D eigenvalue weighted by atomic mass is 10.1. The fourth-order valence-corrected chi connectivity index (χ4v) is 10.3. The molecule has 0 amide bonds. The standard InChI is InChI=1S/C56H32N6/c57-33-35-29-39(61-52-23-11-5-17-44(52)46-31-37(25-27-54(46)61)59-48-19-7-1-13-40(48)41-14-2-8-20-49(41)59)30-36(34-58)56(35)62-53-24-12-6-18-45(53)47-32-38(26-28-55(47)62)60-50-21-9-3-15-42(50)43-16-4-10-22-51(43)60/h1-32H. The van der Waals surface area contributed by atoms with Crippen molar-refractivity contribution in [2.24, 2.45) is 0 Å². The number of para-hydroxylation sites is 6. The molecule has 0 aliphatic heterocycles. The SMILES string of the molecule is N#Cc1cc(-n2c3ccccc3c3cc(-n4c5ccccc5c5ccccc54)ccc32)cc(C#N)c1-n1c2ccccc2c2cc(-n3c4ccccc4c4ccccc43)ccc21. The van der Waals surface area contributed by atoms with E-state index in [-0.39, 0.29) is 0 Å². The Morgan fingerprint density at radius 1 is 0.258 bits per heavy atom. The Morgan fingerprint density at radius 2 is 0.532 bits per heavy atom. The maximum Gasteiger partial charge on any atom is 0.101 e. The molecular weight excluding hydrogens is 757 g/mol. The Morgan fingerprint density at radius 3 is 0.887 bits per heavy atom. The van der Waals surface area contributed by atoms with E-state index in [9.17, 15) is 10.5 Å². The van der Waals surface area contributed by atoms with Crippen LogP contribution in [0.5, 0.6) is 0 Å². The predicted molar refractivity (Wildman–Crippen MR) is 253 cm³/mol. The summed E-state index contributed by atoms with van der Waals surface area (Å²) in [5, 5.41) is 31.1. The van der Waals surface area contributed by atoms with Gasteiger partial charge in [-0.15, -0.1) is 0 Å². The van der Waals surface area contributed by atoms with E-state index in [1.54, 1.807) is 0 Å². The van der Waals surface area contributed by atoms with E-state index in [0.29, 0.717) is 16.8 Å². The van der Waals surface area contributed by atoms with Crippen molar-refractivity contribution in [1.29, 1.82) is 10.5 Å². The summed E-state index contributed by atoms with van der Waals surface area (Å²) in [5.74, 6) is 0. The summed E-state index contributed by atoms with van der Waals surface area (Å²) in [4.78, 5) is 0. The number of nitrogens with zero attached hydrogens (tertiary/aromatic N) is 6. The molecule has 0 aliphatic rings. The minimum atomic E-state index is 0.418. The highest BCUT2D eigenvalue weighted by atomic mass is 15.0. The van der Waals surface area contributed by atoms with E-state index < -0.39 is 0 Å². The summed E-state index contributed by atoms with van der Waals surface area (Å²) in [7, 11) is 0. The first-order valence-electron chi connectivity index (χ1n) is 20.7. The van der Waals surface area contributed by atoms with Crippen LogP contribution in [-0.4, -0.2) is 18.3 Å². The van der Waals surface area contributed by atoms with Gasteiger partial charge in [-0.05, 0) is 84.9 Å². The molecule has 6 nitrogen and oxygen atoms in total. The molecule has 13 rings (SSSR count). The first-order chi connectivity index (χ1) is 30.7. The quantitative estimate of drug-likeness (QED) is 0.178. The van der Waals surface area contributed by atoms with E-state index in [0.717, 1.165) is 82.7 Å². The van der Waals surface area contributed by atoms with Crippen molar-refractivity contribution >= 4 is 87.2 Å². The van der Waals surface area contributed by atoms with E-state index >= 15 is 0 Å². The number of fused-ring (bicyclic) bond motifs is 12. The van der Waals surface area contributed by atoms with Crippen LogP contribution in [0.3, 0.4) is 0 Å². The van der Waals surface area contributed by atoms with Crippen LogP contribution in [0.4, 0.5) is 0 Å². The first-order valence-corrected chi connectivity index (χ1v) is 20.7. The highest BCUT2D eigenvalue weighted by Crippen LogP contribution is 2.41. The molecule has 0 fully saturated rings. The molecule has 0 unspecified atom stereocenters. The Hall–Kier alpha value is -8.84. The van der Waals surface area contributed by atoms with Crippen LogP contribution >= 0.6 is 0 Å². The fourth-order valence-electron chi connectivity index (χ4n) is 10.3. The molecule has 0 saturated heterocycles. The Balaban J connectivity index is 1.02. The number of benzene rings is 9. The molecule has 0 aliphatic carbocycles. The van der Waals surface area contributed by atoms with Crippen LogP contribution in [-0.2, 0) is 0 Å². The van der Waals surface area contributed by atoms with Gasteiger partial charge in [-0.2, -0.15) is 10.5 Å². The summed E-state index contributed by atoms with van der Waals surface area (Å²) >= 11 is 0. The summed E-state index contributed by atoms with van der Waals surface area (Å²) in [6.45, 7) is 0. The molecule has 9 aromatic carbocycles. The predicted octanol–water partition coefficient (Wildman–Crippen LogP) is 13.8. The molecule has 0 saturated carbocycles. The van der Waals surface area contributed by atoms with Crippen LogP contribution in [0.2, 0.25) is 0 Å². The monoisotopic (exact) mass is 788 g/mol. The van der Waals surface area contributed by atoms with Gasteiger partial charge in [-0.1, -0.05) is 109 Å². The highest BCUT2D eigenvalue weighted by Gasteiger charge is 2.23. The third-order valence-electron chi connectivity index (χ3n) is 12.8. The van der Waals surface area contributed by atoms with Crippen LogP contribution < -0.4 is 0 Å². The van der Waals surface area contributed by atoms with Gasteiger partial charge >= 0.3 is 0 Å². The van der Waals surface area contributed by atoms with Gasteiger partial charge in [0.1, 0.15) is 12.1 Å². The largest absolute Gasteiger partial charge is 0.309 e. The molecule has 4 aromatic heterocycles. The Labute approximate surface area is 354 Å². The Bertz CT molecular complexity index is 4000. The van der Waals surface area contributed by atoms with Gasteiger partial charge in [0.2, 0.25) is 0 Å². The summed E-state index contributed by atoms with van der Waals surface area (Å²) in [5.41, 5.74) is 12.7. The number of nitriles is 2. The smallest absolute Gasteiger partial charge is 0.101 e. The van der Waals surface area contributed by atoms with E-state index in [2.05, 4.69) is 194 Å². The van der Waals surface area contributed by atoms with Gasteiger partial charge < -0.3 is 18.3 Å². The van der Waals surface area contributed by atoms with E-state index in [1.165, 1.54) is 21.5 Å². The van der Waals surface area contributed by atoms with Crippen LogP contribution in [0.15, 0.2) is 194 Å². The van der Waals surface area contributed by atoms with Gasteiger partial charge in [0.05, 0.1) is 60.9 Å². The third-order valence-corrected chi connectivity index (χ3v) is 12.8. The van der Waals surface area contributed by atoms with Crippen molar-refractivity contribution in [2.75, 3.05) is 0 Å². The minimum Gasteiger partial charge on any atom is -0.309 e. The number of hydrogen-bond acceptors (Lipinski definition) is 2. The molecule has 13 aromatic rings. The molecule has 286 valence electrons. The van der Waals surface area contributed by atoms with Crippen LogP contribution in [0, 0.1) is 22.7 Å². The van der Waals surface area contributed by atoms with Crippen molar-refractivity contribution in [3.8, 4) is 34.9 Å². The number of hydrogen-bond donors (Lipinski definition) is 0. The van der Waals surface area contributed by atoms with Gasteiger partial charge in [-0.25, -0.2) is 0 Å². The second-order valence-corrected chi connectivity index (χ2v) is 16.0. The average molecular weight is 789 g/mol. The van der Waals surface area contributed by atoms with Crippen LogP contribution in [0.25, 0.3) is 110 Å². The highest BCUT2D eigenvalue weighted by molar-refractivity contribution is 6.14. The molecule has 4 heterocycles. The summed E-state index contributed by atoms with van der Waals surface area (Å²) in [6.07, 6.45) is 0. The van der Waals surface area contributed by atoms with Gasteiger partial charge in [0.15, 0.2) is 0 Å². The number of aromatic nitrogens is 4. The summed E-state index contributed by atoms with van der Waals surface area (Å²) < 4.78 is 8.95. The van der Waals surface area contributed by atoms with Crippen molar-refractivity contribution in [1.82, 2.24) is 18.3 Å². The molecule has 0 bridgehead atoms. The molecule has 6 heteroatoms. The van der Waals surface area contributed by atoms with Gasteiger partial charge in [0, 0.05) is 60.2 Å². The lowest BCUT2D eigenvalue weighted by Gasteiger charge is -2.16. The zero-order valence-electron chi connectivity index (χ0n) is 33.2. The van der Waals surface area contributed by atoms with Crippen molar-refractivity contribution in [3.63, 3.8) is 0 Å². The Kier molecular flexibility index (Phi) is 7.05. The maximum atomic E-state index is 11.0. The molecule has 0 spiro atoms. The molecule has 0 radical (unpaired) electrons. The third kappa shape index (κ3) is 4.61. The summed E-state index contributed by atoms with van der Waals surface area (Å²) in [6, 6.07) is 72.9. The molecule has 0 atom stereocenters. The van der Waals surface area contributed by atoms with Crippen molar-refractivity contribution in [2.45, 2.75) is 0 Å². The second-order valence-electron chi connectivity index (χ2n) is 16.0. The average Bonchev–Trinajstić information content (AvgIpc) is 4.06. The topological polar surface area (TPSA) is 67.3 Å². The van der Waals surface area contributed by atoms with Crippen molar-refractivity contribution in [3.05, 3.63) is 205 Å². The molecular formula is C56H32N6. The van der Waals surface area contributed by atoms with Crippen molar-refractivity contribution < 1.29 is 0 Å². The molecule has 0 N–H and O–H groups in total.